The fraction of sp³-hybridized carbons (Fsp3) is 0.538. The number of carbonyl (C=O) groups is 1. The summed E-state index contributed by atoms with van der Waals surface area (Å²) in [7, 11) is 1.57. The molecule has 1 aromatic heterocycles. The summed E-state index contributed by atoms with van der Waals surface area (Å²) < 4.78 is 5.13. The Morgan fingerprint density at radius 1 is 1.45 bits per heavy atom. The van der Waals surface area contributed by atoms with Crippen LogP contribution in [-0.2, 0) is 16.1 Å². The van der Waals surface area contributed by atoms with Gasteiger partial charge in [0.15, 0.2) is 0 Å². The van der Waals surface area contributed by atoms with Gasteiger partial charge >= 0.3 is 0 Å². The van der Waals surface area contributed by atoms with Crippen LogP contribution in [-0.4, -0.2) is 42.1 Å². The highest BCUT2D eigenvalue weighted by atomic mass is 35.5. The third-order valence-electron chi connectivity index (χ3n) is 2.81. The highest BCUT2D eigenvalue weighted by molar-refractivity contribution is 5.85. The third-order valence-corrected chi connectivity index (χ3v) is 2.81. The zero-order valence-corrected chi connectivity index (χ0v) is 13.5. The Morgan fingerprint density at radius 3 is 2.60 bits per heavy atom. The first kappa shape index (κ1) is 21.4. The number of rotatable bonds is 7. The van der Waals surface area contributed by atoms with E-state index in [1.54, 1.807) is 18.2 Å². The van der Waals surface area contributed by atoms with E-state index in [1.165, 1.54) is 0 Å². The molecule has 0 saturated heterocycles. The molecule has 20 heavy (non-hydrogen) atoms. The second kappa shape index (κ2) is 11.9. The van der Waals surface area contributed by atoms with Gasteiger partial charge in [-0.1, -0.05) is 6.07 Å². The monoisotopic (exact) mass is 323 g/mol. The lowest BCUT2D eigenvalue weighted by atomic mass is 10.2. The molecule has 116 valence electrons. The molecular formula is C13H23Cl2N3O2. The van der Waals surface area contributed by atoms with Crippen molar-refractivity contribution in [2.24, 2.45) is 5.73 Å². The summed E-state index contributed by atoms with van der Waals surface area (Å²) in [6.07, 6.45) is 1.83. The molecular weight excluding hydrogens is 301 g/mol. The van der Waals surface area contributed by atoms with Gasteiger partial charge in [-0.25, -0.2) is 0 Å². The molecule has 0 aliphatic carbocycles. The third kappa shape index (κ3) is 7.05. The molecule has 0 bridgehead atoms. The molecule has 5 nitrogen and oxygen atoms in total. The Morgan fingerprint density at radius 2 is 2.15 bits per heavy atom. The Hall–Kier alpha value is -0.880. The van der Waals surface area contributed by atoms with Gasteiger partial charge in [0.25, 0.3) is 0 Å². The fourth-order valence-corrected chi connectivity index (χ4v) is 1.65. The summed E-state index contributed by atoms with van der Waals surface area (Å²) in [5, 5.41) is 0. The largest absolute Gasteiger partial charge is 0.380 e. The van der Waals surface area contributed by atoms with E-state index in [0.29, 0.717) is 26.1 Å². The lowest BCUT2D eigenvalue weighted by Crippen LogP contribution is -2.35. The van der Waals surface area contributed by atoms with Crippen LogP contribution in [0.2, 0.25) is 0 Å². The number of nitrogens with zero attached hydrogens (tertiary/aromatic N) is 2. The normalized spacial score (nSPS) is 10.9. The van der Waals surface area contributed by atoms with E-state index in [9.17, 15) is 4.79 Å². The first-order chi connectivity index (χ1) is 8.71. The number of ether oxygens (including phenoxy) is 1. The van der Waals surface area contributed by atoms with Crippen LogP contribution in [0.15, 0.2) is 24.4 Å². The zero-order chi connectivity index (χ0) is 13.4. The first-order valence-electron chi connectivity index (χ1n) is 6.11. The van der Waals surface area contributed by atoms with Crippen LogP contribution in [0.3, 0.4) is 0 Å². The molecule has 0 saturated carbocycles. The average molecular weight is 324 g/mol. The van der Waals surface area contributed by atoms with Gasteiger partial charge in [0.2, 0.25) is 5.91 Å². The van der Waals surface area contributed by atoms with E-state index < -0.39 is 0 Å². The molecule has 0 aromatic carbocycles. The van der Waals surface area contributed by atoms with Crippen LogP contribution in [0, 0.1) is 0 Å². The Labute approximate surface area is 132 Å². The average Bonchev–Trinajstić information content (AvgIpc) is 2.43. The molecule has 0 spiro atoms. The van der Waals surface area contributed by atoms with Gasteiger partial charge in [-0.05, 0) is 19.1 Å². The van der Waals surface area contributed by atoms with Crippen LogP contribution in [0.1, 0.15) is 19.0 Å². The molecule has 1 atom stereocenters. The standard InChI is InChI=1S/C13H21N3O2.2ClH/c1-3-16(10-11-6-4-5-7-15-11)13(17)8-12(9-14)18-2;;/h4-7,12H,3,8-10,14H2,1-2H3;2*1H. The van der Waals surface area contributed by atoms with Gasteiger partial charge in [-0.3, -0.25) is 9.78 Å². The first-order valence-corrected chi connectivity index (χ1v) is 6.11. The molecule has 0 aliphatic heterocycles. The van der Waals surface area contributed by atoms with Crippen LogP contribution < -0.4 is 5.73 Å². The van der Waals surface area contributed by atoms with Gasteiger partial charge in [-0.2, -0.15) is 0 Å². The van der Waals surface area contributed by atoms with Crippen LogP contribution in [0.4, 0.5) is 0 Å². The van der Waals surface area contributed by atoms with Crippen molar-refractivity contribution in [2.45, 2.75) is 26.0 Å². The minimum absolute atomic E-state index is 0. The van der Waals surface area contributed by atoms with Gasteiger partial charge < -0.3 is 15.4 Å². The van der Waals surface area contributed by atoms with Gasteiger partial charge in [0.1, 0.15) is 0 Å². The lowest BCUT2D eigenvalue weighted by Gasteiger charge is -2.22. The van der Waals surface area contributed by atoms with Crippen LogP contribution in [0.25, 0.3) is 0 Å². The predicted molar refractivity (Wildman–Crippen MR) is 84.3 cm³/mol. The van der Waals surface area contributed by atoms with E-state index in [2.05, 4.69) is 4.98 Å². The molecule has 0 aliphatic rings. The molecule has 2 N–H and O–H groups in total. The maximum Gasteiger partial charge on any atom is 0.225 e. The molecule has 1 unspecified atom stereocenters. The van der Waals surface area contributed by atoms with Crippen molar-refractivity contribution in [3.8, 4) is 0 Å². The van der Waals surface area contributed by atoms with E-state index in [0.717, 1.165) is 5.69 Å². The van der Waals surface area contributed by atoms with Gasteiger partial charge in [0.05, 0.1) is 24.8 Å². The molecule has 0 radical (unpaired) electrons. The molecule has 0 fully saturated rings. The number of hydrogen-bond acceptors (Lipinski definition) is 4. The highest BCUT2D eigenvalue weighted by Crippen LogP contribution is 2.06. The zero-order valence-electron chi connectivity index (χ0n) is 11.8. The molecule has 1 aromatic rings. The lowest BCUT2D eigenvalue weighted by molar-refractivity contribution is -0.134. The summed E-state index contributed by atoms with van der Waals surface area (Å²) in [6, 6.07) is 5.68. The van der Waals surface area contributed by atoms with Crippen molar-refractivity contribution >= 4 is 30.7 Å². The number of hydrogen-bond donors (Lipinski definition) is 1. The highest BCUT2D eigenvalue weighted by Gasteiger charge is 2.17. The number of amides is 1. The van der Waals surface area contributed by atoms with Crippen molar-refractivity contribution in [3.05, 3.63) is 30.1 Å². The minimum Gasteiger partial charge on any atom is -0.380 e. The molecule has 1 heterocycles. The SMILES string of the molecule is CCN(Cc1ccccn1)C(=O)CC(CN)OC.Cl.Cl. The summed E-state index contributed by atoms with van der Waals surface area (Å²) in [5.41, 5.74) is 6.40. The predicted octanol–water partition coefficient (Wildman–Crippen LogP) is 1.64. The smallest absolute Gasteiger partial charge is 0.225 e. The Balaban J connectivity index is 0. The van der Waals surface area contributed by atoms with Crippen molar-refractivity contribution in [3.63, 3.8) is 0 Å². The summed E-state index contributed by atoms with van der Waals surface area (Å²) >= 11 is 0. The summed E-state index contributed by atoms with van der Waals surface area (Å²) in [4.78, 5) is 18.0. The molecule has 7 heteroatoms. The fourth-order valence-electron chi connectivity index (χ4n) is 1.65. The van der Waals surface area contributed by atoms with Crippen molar-refractivity contribution in [2.75, 3.05) is 20.2 Å². The van der Waals surface area contributed by atoms with Crippen LogP contribution >= 0.6 is 24.8 Å². The Kier molecular flexibility index (Phi) is 12.8. The molecule has 1 amide bonds. The van der Waals surface area contributed by atoms with Gasteiger partial charge in [0, 0.05) is 26.4 Å². The number of methoxy groups -OCH3 is 1. The van der Waals surface area contributed by atoms with E-state index >= 15 is 0 Å². The van der Waals surface area contributed by atoms with E-state index in [1.807, 2.05) is 25.1 Å². The summed E-state index contributed by atoms with van der Waals surface area (Å²) in [5.74, 6) is 0.0421. The van der Waals surface area contributed by atoms with E-state index in [4.69, 9.17) is 10.5 Å². The van der Waals surface area contributed by atoms with Crippen molar-refractivity contribution in [1.82, 2.24) is 9.88 Å². The minimum atomic E-state index is -0.213. The summed E-state index contributed by atoms with van der Waals surface area (Å²) in [6.45, 7) is 3.47. The number of aromatic nitrogens is 1. The van der Waals surface area contributed by atoms with Gasteiger partial charge in [-0.15, -0.1) is 24.8 Å². The number of nitrogens with two attached hydrogens (primary N) is 1. The Bertz CT molecular complexity index is 362. The maximum atomic E-state index is 12.1. The number of carbonyl (C=O) groups excluding carboxylic acids is 1. The quantitative estimate of drug-likeness (QED) is 0.828. The number of halogens is 2. The molecule has 1 rings (SSSR count). The second-order valence-corrected chi connectivity index (χ2v) is 4.03. The second-order valence-electron chi connectivity index (χ2n) is 4.03. The van der Waals surface area contributed by atoms with Crippen molar-refractivity contribution in [1.29, 1.82) is 0 Å². The van der Waals surface area contributed by atoms with Crippen molar-refractivity contribution < 1.29 is 9.53 Å². The topological polar surface area (TPSA) is 68.5 Å². The number of pyridine rings is 1. The maximum absolute atomic E-state index is 12.1. The van der Waals surface area contributed by atoms with E-state index in [-0.39, 0.29) is 36.8 Å². The van der Waals surface area contributed by atoms with Crippen LogP contribution in [0.5, 0.6) is 0 Å².